The van der Waals surface area contributed by atoms with Crippen LogP contribution in [0, 0.1) is 0 Å². The van der Waals surface area contributed by atoms with Gasteiger partial charge in [0.15, 0.2) is 11.8 Å². The second kappa shape index (κ2) is 9.05. The van der Waals surface area contributed by atoms with Crippen LogP contribution in [0.4, 0.5) is 4.79 Å². The van der Waals surface area contributed by atoms with Gasteiger partial charge in [0, 0.05) is 6.42 Å². The molecule has 6 heteroatoms. The van der Waals surface area contributed by atoms with Crippen LogP contribution in [0.15, 0.2) is 30.3 Å². The van der Waals surface area contributed by atoms with Crippen LogP contribution in [0.2, 0.25) is 0 Å². The summed E-state index contributed by atoms with van der Waals surface area (Å²) in [7, 11) is 0. The number of aryl methyl sites for hydroxylation is 1. The SMILES string of the molecule is CCOC(=O)C(NC(=O)OC(C)(C)C)C(=O)CCc1ccccc1. The smallest absolute Gasteiger partial charge is 0.408 e. The van der Waals surface area contributed by atoms with Gasteiger partial charge in [0.05, 0.1) is 6.61 Å². The average Bonchev–Trinajstić information content (AvgIpc) is 2.50. The zero-order valence-electron chi connectivity index (χ0n) is 14.6. The Hall–Kier alpha value is -2.37. The second-order valence-corrected chi connectivity index (χ2v) is 6.28. The molecule has 0 aliphatic rings. The van der Waals surface area contributed by atoms with Crippen LogP contribution in [-0.4, -0.2) is 36.1 Å². The van der Waals surface area contributed by atoms with Gasteiger partial charge in [-0.25, -0.2) is 9.59 Å². The standard InChI is InChI=1S/C18H25NO5/c1-5-23-16(21)15(19-17(22)24-18(2,3)4)14(20)12-11-13-9-7-6-8-10-13/h6-10,15H,5,11-12H2,1-4H3,(H,19,22). The maximum atomic E-state index is 12.4. The Morgan fingerprint density at radius 2 is 1.75 bits per heavy atom. The zero-order valence-corrected chi connectivity index (χ0v) is 14.6. The summed E-state index contributed by atoms with van der Waals surface area (Å²) in [6.45, 7) is 6.85. The van der Waals surface area contributed by atoms with E-state index in [2.05, 4.69) is 5.32 Å². The molecule has 0 aliphatic heterocycles. The molecule has 0 spiro atoms. The number of nitrogens with one attached hydrogen (secondary N) is 1. The van der Waals surface area contributed by atoms with E-state index in [9.17, 15) is 14.4 Å². The van der Waals surface area contributed by atoms with Crippen LogP contribution in [0.5, 0.6) is 0 Å². The number of amides is 1. The highest BCUT2D eigenvalue weighted by Crippen LogP contribution is 2.09. The number of rotatable bonds is 7. The summed E-state index contributed by atoms with van der Waals surface area (Å²) in [5.41, 5.74) is 0.252. The Balaban J connectivity index is 2.71. The average molecular weight is 335 g/mol. The number of esters is 1. The summed E-state index contributed by atoms with van der Waals surface area (Å²) >= 11 is 0. The minimum atomic E-state index is -1.36. The minimum Gasteiger partial charge on any atom is -0.464 e. The maximum Gasteiger partial charge on any atom is 0.408 e. The van der Waals surface area contributed by atoms with Crippen molar-refractivity contribution in [1.82, 2.24) is 5.32 Å². The fourth-order valence-corrected chi connectivity index (χ4v) is 1.98. The lowest BCUT2D eigenvalue weighted by molar-refractivity contribution is -0.148. The van der Waals surface area contributed by atoms with E-state index < -0.39 is 29.5 Å². The van der Waals surface area contributed by atoms with Gasteiger partial charge in [0.1, 0.15) is 5.60 Å². The molecule has 0 aliphatic carbocycles. The van der Waals surface area contributed by atoms with Crippen molar-refractivity contribution in [3.8, 4) is 0 Å². The Bertz CT molecular complexity index is 563. The second-order valence-electron chi connectivity index (χ2n) is 6.28. The predicted octanol–water partition coefficient (Wildman–Crippen LogP) is 2.64. The van der Waals surface area contributed by atoms with Gasteiger partial charge < -0.3 is 14.8 Å². The van der Waals surface area contributed by atoms with Crippen LogP contribution < -0.4 is 5.32 Å². The Morgan fingerprint density at radius 3 is 2.29 bits per heavy atom. The Labute approximate surface area is 142 Å². The number of hydrogen-bond acceptors (Lipinski definition) is 5. The van der Waals surface area contributed by atoms with Gasteiger partial charge in [0.25, 0.3) is 0 Å². The normalized spacial score (nSPS) is 12.2. The highest BCUT2D eigenvalue weighted by atomic mass is 16.6. The van der Waals surface area contributed by atoms with Crippen molar-refractivity contribution in [2.45, 2.75) is 52.2 Å². The lowest BCUT2D eigenvalue weighted by Crippen LogP contribution is -2.49. The van der Waals surface area contributed by atoms with Crippen molar-refractivity contribution in [2.75, 3.05) is 6.61 Å². The van der Waals surface area contributed by atoms with E-state index in [4.69, 9.17) is 9.47 Å². The van der Waals surface area contributed by atoms with Crippen molar-refractivity contribution in [2.24, 2.45) is 0 Å². The molecule has 0 aromatic heterocycles. The van der Waals surface area contributed by atoms with E-state index >= 15 is 0 Å². The molecule has 6 nitrogen and oxygen atoms in total. The number of carbonyl (C=O) groups excluding carboxylic acids is 3. The molecule has 1 aromatic rings. The highest BCUT2D eigenvalue weighted by molar-refractivity contribution is 6.05. The molecule has 24 heavy (non-hydrogen) atoms. The number of alkyl carbamates (subject to hydrolysis) is 1. The predicted molar refractivity (Wildman–Crippen MR) is 89.6 cm³/mol. The summed E-state index contributed by atoms with van der Waals surface area (Å²) in [5, 5.41) is 2.31. The zero-order chi connectivity index (χ0) is 18.2. The van der Waals surface area contributed by atoms with Crippen LogP contribution in [0.3, 0.4) is 0 Å². The van der Waals surface area contributed by atoms with Gasteiger partial charge >= 0.3 is 12.1 Å². The first-order valence-corrected chi connectivity index (χ1v) is 7.95. The Kier molecular flexibility index (Phi) is 7.42. The molecule has 1 N–H and O–H groups in total. The first-order valence-electron chi connectivity index (χ1n) is 7.95. The van der Waals surface area contributed by atoms with Gasteiger partial charge in [-0.05, 0) is 39.7 Å². The van der Waals surface area contributed by atoms with Crippen molar-refractivity contribution in [1.29, 1.82) is 0 Å². The molecule has 0 bridgehead atoms. The Morgan fingerprint density at radius 1 is 1.12 bits per heavy atom. The van der Waals surface area contributed by atoms with Crippen molar-refractivity contribution < 1.29 is 23.9 Å². The third-order valence-electron chi connectivity index (χ3n) is 3.01. The lowest BCUT2D eigenvalue weighted by atomic mass is 10.0. The van der Waals surface area contributed by atoms with E-state index in [0.29, 0.717) is 6.42 Å². The number of hydrogen-bond donors (Lipinski definition) is 1. The fourth-order valence-electron chi connectivity index (χ4n) is 1.98. The molecule has 1 aromatic carbocycles. The third kappa shape index (κ3) is 7.26. The molecule has 1 unspecified atom stereocenters. The first kappa shape index (κ1) is 19.7. The van der Waals surface area contributed by atoms with E-state index in [1.807, 2.05) is 30.3 Å². The van der Waals surface area contributed by atoms with Crippen LogP contribution in [0.25, 0.3) is 0 Å². The fraction of sp³-hybridized carbons (Fsp3) is 0.500. The van der Waals surface area contributed by atoms with Crippen LogP contribution >= 0.6 is 0 Å². The van der Waals surface area contributed by atoms with E-state index in [1.54, 1.807) is 27.7 Å². The van der Waals surface area contributed by atoms with Crippen molar-refractivity contribution in [3.05, 3.63) is 35.9 Å². The summed E-state index contributed by atoms with van der Waals surface area (Å²) < 4.78 is 9.98. The molecule has 0 saturated carbocycles. The molecule has 1 rings (SSSR count). The third-order valence-corrected chi connectivity index (χ3v) is 3.01. The summed E-state index contributed by atoms with van der Waals surface area (Å²) in [4.78, 5) is 36.2. The number of benzene rings is 1. The molecule has 1 atom stereocenters. The van der Waals surface area contributed by atoms with Crippen molar-refractivity contribution >= 4 is 17.8 Å². The van der Waals surface area contributed by atoms with Crippen molar-refractivity contribution in [3.63, 3.8) is 0 Å². The van der Waals surface area contributed by atoms with Gasteiger partial charge in [-0.15, -0.1) is 0 Å². The van der Waals surface area contributed by atoms with E-state index in [0.717, 1.165) is 5.56 Å². The maximum absolute atomic E-state index is 12.4. The molecule has 0 fully saturated rings. The highest BCUT2D eigenvalue weighted by Gasteiger charge is 2.31. The molecule has 0 heterocycles. The molecule has 132 valence electrons. The van der Waals surface area contributed by atoms with Gasteiger partial charge in [-0.3, -0.25) is 4.79 Å². The lowest BCUT2D eigenvalue weighted by Gasteiger charge is -2.22. The molecular weight excluding hydrogens is 310 g/mol. The van der Waals surface area contributed by atoms with Crippen LogP contribution in [0.1, 0.15) is 39.7 Å². The quantitative estimate of drug-likeness (QED) is 0.612. The molecule has 0 saturated heterocycles. The number of ketones is 1. The molecule has 1 amide bonds. The van der Waals surface area contributed by atoms with Gasteiger partial charge in [0.2, 0.25) is 0 Å². The summed E-state index contributed by atoms with van der Waals surface area (Å²) in [6.07, 6.45) is -0.233. The summed E-state index contributed by atoms with van der Waals surface area (Å²) in [6, 6.07) is 8.07. The largest absolute Gasteiger partial charge is 0.464 e. The summed E-state index contributed by atoms with van der Waals surface area (Å²) in [5.74, 6) is -1.19. The monoisotopic (exact) mass is 335 g/mol. The number of Topliss-reactive ketones (excluding diaryl/α,β-unsaturated/α-hetero) is 1. The first-order chi connectivity index (χ1) is 11.2. The van der Waals surface area contributed by atoms with Gasteiger partial charge in [-0.1, -0.05) is 30.3 Å². The topological polar surface area (TPSA) is 81.7 Å². The van der Waals surface area contributed by atoms with E-state index in [1.165, 1.54) is 0 Å². The van der Waals surface area contributed by atoms with Gasteiger partial charge in [-0.2, -0.15) is 0 Å². The van der Waals surface area contributed by atoms with Crippen LogP contribution in [-0.2, 0) is 25.5 Å². The number of carbonyl (C=O) groups is 3. The molecule has 0 radical (unpaired) electrons. The minimum absolute atomic E-state index is 0.114. The molecular formula is C18H25NO5. The van der Waals surface area contributed by atoms with E-state index in [-0.39, 0.29) is 13.0 Å². The number of ether oxygens (including phenoxy) is 2.